The third kappa shape index (κ3) is 1.46. The summed E-state index contributed by atoms with van der Waals surface area (Å²) in [4.78, 5) is 19.2. The number of pyridine rings is 1. The Balaban J connectivity index is 2.58. The van der Waals surface area contributed by atoms with Crippen LogP contribution in [0.4, 0.5) is 0 Å². The maximum Gasteiger partial charge on any atom is 0.334 e. The zero-order chi connectivity index (χ0) is 11.6. The molecule has 0 bridgehead atoms. The Morgan fingerprint density at radius 3 is 2.50 bits per heavy atom. The van der Waals surface area contributed by atoms with Gasteiger partial charge in [0.25, 0.3) is 0 Å². The van der Waals surface area contributed by atoms with Gasteiger partial charge in [-0.05, 0) is 24.6 Å². The Hall–Kier alpha value is -2.17. The molecule has 0 spiro atoms. The third-order valence-electron chi connectivity index (χ3n) is 2.68. The number of carboxylic acid groups (broad SMARTS) is 1. The van der Waals surface area contributed by atoms with Crippen molar-refractivity contribution in [1.29, 1.82) is 0 Å². The van der Waals surface area contributed by atoms with Gasteiger partial charge in [0.2, 0.25) is 0 Å². The van der Waals surface area contributed by atoms with E-state index in [0.29, 0.717) is 5.56 Å². The van der Waals surface area contributed by atoms with Crippen molar-refractivity contribution in [3.05, 3.63) is 48.8 Å². The highest BCUT2D eigenvalue weighted by Crippen LogP contribution is 2.25. The minimum absolute atomic E-state index is 0.660. The number of carbonyl (C=O) groups is 1. The summed E-state index contributed by atoms with van der Waals surface area (Å²) in [6.45, 7) is 1.63. The summed E-state index contributed by atoms with van der Waals surface area (Å²) >= 11 is 0. The van der Waals surface area contributed by atoms with Gasteiger partial charge in [0.15, 0.2) is 5.54 Å². The summed E-state index contributed by atoms with van der Waals surface area (Å²) < 4.78 is 1.56. The van der Waals surface area contributed by atoms with Gasteiger partial charge in [-0.15, -0.1) is 0 Å². The highest BCUT2D eigenvalue weighted by atomic mass is 16.4. The highest BCUT2D eigenvalue weighted by molar-refractivity contribution is 5.80. The van der Waals surface area contributed by atoms with E-state index >= 15 is 0 Å². The van der Waals surface area contributed by atoms with Gasteiger partial charge in [0.05, 0.1) is 6.33 Å². The highest BCUT2D eigenvalue weighted by Gasteiger charge is 2.36. The van der Waals surface area contributed by atoms with Crippen molar-refractivity contribution in [3.8, 4) is 0 Å². The lowest BCUT2D eigenvalue weighted by Gasteiger charge is -2.26. The molecule has 2 aromatic rings. The molecule has 1 unspecified atom stereocenters. The third-order valence-corrected chi connectivity index (χ3v) is 2.68. The Morgan fingerprint density at radius 1 is 1.31 bits per heavy atom. The van der Waals surface area contributed by atoms with E-state index < -0.39 is 11.5 Å². The van der Waals surface area contributed by atoms with Crippen LogP contribution in [0.1, 0.15) is 12.5 Å². The molecular formula is C11H11N3O2. The van der Waals surface area contributed by atoms with Crippen LogP contribution in [-0.4, -0.2) is 25.6 Å². The summed E-state index contributed by atoms with van der Waals surface area (Å²) in [6.07, 6.45) is 7.84. The number of aliphatic carboxylic acids is 1. The molecule has 1 atom stereocenters. The van der Waals surface area contributed by atoms with Gasteiger partial charge in [-0.3, -0.25) is 4.98 Å². The molecule has 0 aliphatic carbocycles. The molecule has 2 heterocycles. The minimum atomic E-state index is -1.15. The molecule has 2 rings (SSSR count). The van der Waals surface area contributed by atoms with Crippen molar-refractivity contribution in [2.24, 2.45) is 0 Å². The van der Waals surface area contributed by atoms with E-state index in [1.165, 1.54) is 6.33 Å². The van der Waals surface area contributed by atoms with E-state index in [2.05, 4.69) is 9.97 Å². The maximum atomic E-state index is 11.5. The molecule has 2 aromatic heterocycles. The second kappa shape index (κ2) is 3.77. The van der Waals surface area contributed by atoms with Crippen molar-refractivity contribution < 1.29 is 9.90 Å². The van der Waals surface area contributed by atoms with Gasteiger partial charge >= 0.3 is 5.97 Å². The maximum absolute atomic E-state index is 11.5. The number of nitrogens with zero attached hydrogens (tertiary/aromatic N) is 3. The van der Waals surface area contributed by atoms with E-state index in [1.807, 2.05) is 0 Å². The van der Waals surface area contributed by atoms with Crippen LogP contribution in [-0.2, 0) is 10.3 Å². The summed E-state index contributed by atoms with van der Waals surface area (Å²) in [5, 5.41) is 9.39. The number of hydrogen-bond donors (Lipinski definition) is 1. The lowest BCUT2D eigenvalue weighted by Crippen LogP contribution is -2.39. The van der Waals surface area contributed by atoms with Crippen molar-refractivity contribution in [2.75, 3.05) is 0 Å². The van der Waals surface area contributed by atoms with Crippen molar-refractivity contribution in [1.82, 2.24) is 14.5 Å². The average Bonchev–Trinajstić information content (AvgIpc) is 2.82. The Kier molecular flexibility index (Phi) is 2.44. The van der Waals surface area contributed by atoms with Crippen LogP contribution in [0.15, 0.2) is 43.2 Å². The van der Waals surface area contributed by atoms with Crippen molar-refractivity contribution >= 4 is 5.97 Å². The Morgan fingerprint density at radius 2 is 2.00 bits per heavy atom. The molecule has 0 amide bonds. The standard InChI is InChI=1S/C11H11N3O2/c1-11(10(15)16,14-7-6-13-8-14)9-2-4-12-5-3-9/h2-8H,1H3,(H,15,16). The van der Waals surface area contributed by atoms with E-state index in [4.69, 9.17) is 0 Å². The van der Waals surface area contributed by atoms with Crippen LogP contribution in [0.3, 0.4) is 0 Å². The lowest BCUT2D eigenvalue weighted by atomic mass is 9.93. The summed E-state index contributed by atoms with van der Waals surface area (Å²) in [6, 6.07) is 3.38. The number of imidazole rings is 1. The van der Waals surface area contributed by atoms with E-state index in [-0.39, 0.29) is 0 Å². The smallest absolute Gasteiger partial charge is 0.334 e. The summed E-state index contributed by atoms with van der Waals surface area (Å²) in [7, 11) is 0. The fourth-order valence-electron chi connectivity index (χ4n) is 1.58. The van der Waals surface area contributed by atoms with E-state index in [0.717, 1.165) is 0 Å². The molecule has 82 valence electrons. The molecule has 0 fully saturated rings. The minimum Gasteiger partial charge on any atom is -0.479 e. The molecular weight excluding hydrogens is 206 g/mol. The molecule has 5 heteroatoms. The zero-order valence-corrected chi connectivity index (χ0v) is 8.74. The molecule has 1 N–H and O–H groups in total. The monoisotopic (exact) mass is 217 g/mol. The Labute approximate surface area is 92.4 Å². The largest absolute Gasteiger partial charge is 0.479 e. The first-order valence-electron chi connectivity index (χ1n) is 4.78. The van der Waals surface area contributed by atoms with Crippen LogP contribution >= 0.6 is 0 Å². The molecule has 16 heavy (non-hydrogen) atoms. The van der Waals surface area contributed by atoms with Crippen LogP contribution in [0, 0.1) is 0 Å². The van der Waals surface area contributed by atoms with Gasteiger partial charge < -0.3 is 9.67 Å². The van der Waals surface area contributed by atoms with Crippen LogP contribution < -0.4 is 0 Å². The molecule has 5 nitrogen and oxygen atoms in total. The van der Waals surface area contributed by atoms with Crippen LogP contribution in [0.2, 0.25) is 0 Å². The molecule has 0 radical (unpaired) electrons. The predicted molar refractivity (Wildman–Crippen MR) is 56.8 cm³/mol. The number of carboxylic acids is 1. The second-order valence-electron chi connectivity index (χ2n) is 3.58. The van der Waals surface area contributed by atoms with Gasteiger partial charge in [0.1, 0.15) is 0 Å². The quantitative estimate of drug-likeness (QED) is 0.836. The van der Waals surface area contributed by atoms with Crippen molar-refractivity contribution in [2.45, 2.75) is 12.5 Å². The first-order valence-corrected chi connectivity index (χ1v) is 4.78. The van der Waals surface area contributed by atoms with Gasteiger partial charge in [-0.25, -0.2) is 9.78 Å². The zero-order valence-electron chi connectivity index (χ0n) is 8.74. The first-order chi connectivity index (χ1) is 7.65. The summed E-state index contributed by atoms with van der Waals surface area (Å²) in [5.74, 6) is -0.934. The number of hydrogen-bond acceptors (Lipinski definition) is 3. The average molecular weight is 217 g/mol. The topological polar surface area (TPSA) is 68.0 Å². The summed E-state index contributed by atoms with van der Waals surface area (Å²) in [5.41, 5.74) is -0.493. The molecule has 0 saturated carbocycles. The van der Waals surface area contributed by atoms with Gasteiger partial charge in [-0.2, -0.15) is 0 Å². The number of rotatable bonds is 3. The van der Waals surface area contributed by atoms with E-state index in [9.17, 15) is 9.90 Å². The van der Waals surface area contributed by atoms with Gasteiger partial charge in [-0.1, -0.05) is 0 Å². The molecule has 0 aliphatic heterocycles. The lowest BCUT2D eigenvalue weighted by molar-refractivity contribution is -0.144. The van der Waals surface area contributed by atoms with Crippen LogP contribution in [0.25, 0.3) is 0 Å². The second-order valence-corrected chi connectivity index (χ2v) is 3.58. The van der Waals surface area contributed by atoms with Gasteiger partial charge in [0, 0.05) is 24.8 Å². The fraction of sp³-hybridized carbons (Fsp3) is 0.182. The van der Waals surface area contributed by atoms with Crippen molar-refractivity contribution in [3.63, 3.8) is 0 Å². The predicted octanol–water partition coefficient (Wildman–Crippen LogP) is 1.13. The SMILES string of the molecule is CC(C(=O)O)(c1ccncc1)n1ccnc1. The normalized spacial score (nSPS) is 14.3. The molecule has 0 aromatic carbocycles. The van der Waals surface area contributed by atoms with Crippen LogP contribution in [0.5, 0.6) is 0 Å². The fourth-order valence-corrected chi connectivity index (χ4v) is 1.58. The van der Waals surface area contributed by atoms with E-state index in [1.54, 1.807) is 48.4 Å². The molecule has 0 aliphatic rings. The molecule has 0 saturated heterocycles. The number of aromatic nitrogens is 3. The Bertz CT molecular complexity index is 481. The first kappa shape index (κ1) is 10.4.